The molecule has 1 heterocycles. The van der Waals surface area contributed by atoms with Crippen LogP contribution in [-0.4, -0.2) is 18.2 Å². The third-order valence-corrected chi connectivity index (χ3v) is 4.03. The summed E-state index contributed by atoms with van der Waals surface area (Å²) < 4.78 is 16.0. The van der Waals surface area contributed by atoms with Gasteiger partial charge in [-0.15, -0.1) is 0 Å². The van der Waals surface area contributed by atoms with Gasteiger partial charge < -0.3 is 19.3 Å². The molecule has 0 aliphatic rings. The van der Waals surface area contributed by atoms with Crippen LogP contribution in [0.3, 0.4) is 0 Å². The Bertz CT molecular complexity index is 909. The Labute approximate surface area is 155 Å². The fourth-order valence-electron chi connectivity index (χ4n) is 2.35. The van der Waals surface area contributed by atoms with Gasteiger partial charge in [0.25, 0.3) is 5.91 Å². The number of halogens is 1. The molecule has 6 nitrogen and oxygen atoms in total. The van der Waals surface area contributed by atoms with Gasteiger partial charge in [0, 0.05) is 5.69 Å². The van der Waals surface area contributed by atoms with E-state index in [1.54, 1.807) is 25.1 Å². The minimum atomic E-state index is -0.408. The number of nitrogens with zero attached hydrogens (tertiary/aromatic N) is 1. The summed E-state index contributed by atoms with van der Waals surface area (Å²) in [6.07, 6.45) is 0. The first kappa shape index (κ1) is 17.8. The number of carbonyl (C=O) groups excluding carboxylic acids is 1. The van der Waals surface area contributed by atoms with Crippen LogP contribution in [0.1, 0.15) is 21.8 Å². The molecule has 0 aliphatic carbocycles. The zero-order chi connectivity index (χ0) is 18.5. The summed E-state index contributed by atoms with van der Waals surface area (Å²) in [6.45, 7) is 1.91. The Balaban J connectivity index is 1.74. The van der Waals surface area contributed by atoms with Crippen LogP contribution in [-0.2, 0) is 6.61 Å². The molecule has 0 spiro atoms. The molecule has 2 aromatic carbocycles. The molecule has 0 aliphatic heterocycles. The van der Waals surface area contributed by atoms with Gasteiger partial charge in [0.1, 0.15) is 23.9 Å². The fraction of sp³-hybridized carbons (Fsp3) is 0.158. The molecule has 1 amide bonds. The number of benzene rings is 2. The van der Waals surface area contributed by atoms with Gasteiger partial charge in [-0.1, -0.05) is 35.0 Å². The van der Waals surface area contributed by atoms with Crippen LogP contribution in [0.2, 0.25) is 5.02 Å². The van der Waals surface area contributed by atoms with Crippen molar-refractivity contribution < 1.29 is 18.8 Å². The summed E-state index contributed by atoms with van der Waals surface area (Å²) in [5, 5.41) is 7.00. The number of methoxy groups -OCH3 is 1. The lowest BCUT2D eigenvalue weighted by atomic mass is 10.2. The van der Waals surface area contributed by atoms with Crippen molar-refractivity contribution in [3.8, 4) is 11.5 Å². The Morgan fingerprint density at radius 1 is 1.23 bits per heavy atom. The Hall–Kier alpha value is -2.99. The SMILES string of the molecule is COc1ccc(NC(=O)c2noc(C)c2COc2ccccc2)cc1Cl. The van der Waals surface area contributed by atoms with Gasteiger partial charge in [-0.05, 0) is 37.3 Å². The highest BCUT2D eigenvalue weighted by molar-refractivity contribution is 6.32. The van der Waals surface area contributed by atoms with Crippen LogP contribution < -0.4 is 14.8 Å². The summed E-state index contributed by atoms with van der Waals surface area (Å²) in [7, 11) is 1.52. The summed E-state index contributed by atoms with van der Waals surface area (Å²) in [4.78, 5) is 12.6. The number of para-hydroxylation sites is 1. The molecule has 1 aromatic heterocycles. The number of rotatable bonds is 6. The second-order valence-electron chi connectivity index (χ2n) is 5.47. The van der Waals surface area contributed by atoms with E-state index < -0.39 is 5.91 Å². The topological polar surface area (TPSA) is 73.6 Å². The molecule has 0 atom stereocenters. The van der Waals surface area contributed by atoms with Crippen LogP contribution in [0.5, 0.6) is 11.5 Å². The van der Waals surface area contributed by atoms with E-state index in [1.807, 2.05) is 30.3 Å². The maximum atomic E-state index is 12.6. The number of carbonyl (C=O) groups is 1. The van der Waals surface area contributed by atoms with E-state index in [9.17, 15) is 4.79 Å². The molecule has 0 bridgehead atoms. The highest BCUT2D eigenvalue weighted by atomic mass is 35.5. The van der Waals surface area contributed by atoms with Crippen molar-refractivity contribution in [1.29, 1.82) is 0 Å². The quantitative estimate of drug-likeness (QED) is 0.690. The average molecular weight is 373 g/mol. The second-order valence-corrected chi connectivity index (χ2v) is 5.88. The van der Waals surface area contributed by atoms with Crippen LogP contribution in [0, 0.1) is 6.92 Å². The lowest BCUT2D eigenvalue weighted by Gasteiger charge is -2.08. The van der Waals surface area contributed by atoms with E-state index in [2.05, 4.69) is 10.5 Å². The maximum Gasteiger partial charge on any atom is 0.278 e. The van der Waals surface area contributed by atoms with Crippen molar-refractivity contribution in [2.45, 2.75) is 13.5 Å². The largest absolute Gasteiger partial charge is 0.495 e. The number of aryl methyl sites for hydroxylation is 1. The van der Waals surface area contributed by atoms with Crippen LogP contribution >= 0.6 is 11.6 Å². The average Bonchev–Trinajstić information content (AvgIpc) is 3.02. The first-order chi connectivity index (χ1) is 12.6. The zero-order valence-electron chi connectivity index (χ0n) is 14.3. The van der Waals surface area contributed by atoms with Gasteiger partial charge in [-0.25, -0.2) is 0 Å². The highest BCUT2D eigenvalue weighted by Crippen LogP contribution is 2.27. The Morgan fingerprint density at radius 3 is 2.69 bits per heavy atom. The summed E-state index contributed by atoms with van der Waals surface area (Å²) in [6, 6.07) is 14.3. The Morgan fingerprint density at radius 2 is 2.00 bits per heavy atom. The van der Waals surface area contributed by atoms with Gasteiger partial charge in [0.05, 0.1) is 17.7 Å². The molecule has 7 heteroatoms. The van der Waals surface area contributed by atoms with Gasteiger partial charge >= 0.3 is 0 Å². The number of hydrogen-bond acceptors (Lipinski definition) is 5. The van der Waals surface area contributed by atoms with Crippen LogP contribution in [0.25, 0.3) is 0 Å². The maximum absolute atomic E-state index is 12.6. The third kappa shape index (κ3) is 3.97. The minimum Gasteiger partial charge on any atom is -0.495 e. The number of hydrogen-bond donors (Lipinski definition) is 1. The molecule has 134 valence electrons. The Kier molecular flexibility index (Phi) is 5.43. The number of nitrogens with one attached hydrogen (secondary N) is 1. The van der Waals surface area contributed by atoms with Crippen molar-refractivity contribution in [2.75, 3.05) is 12.4 Å². The predicted octanol–water partition coefficient (Wildman–Crippen LogP) is 4.48. The summed E-state index contributed by atoms with van der Waals surface area (Å²) in [5.41, 5.74) is 1.28. The highest BCUT2D eigenvalue weighted by Gasteiger charge is 2.21. The van der Waals surface area contributed by atoms with Gasteiger partial charge in [-0.2, -0.15) is 0 Å². The lowest BCUT2D eigenvalue weighted by molar-refractivity contribution is 0.101. The fourth-order valence-corrected chi connectivity index (χ4v) is 2.60. The van der Waals surface area contributed by atoms with Crippen molar-refractivity contribution >= 4 is 23.2 Å². The smallest absolute Gasteiger partial charge is 0.278 e. The molecular formula is C19H17ClN2O4. The van der Waals surface area contributed by atoms with E-state index in [0.29, 0.717) is 33.5 Å². The van der Waals surface area contributed by atoms with Gasteiger partial charge in [0.2, 0.25) is 0 Å². The molecule has 0 saturated carbocycles. The predicted molar refractivity (Wildman–Crippen MR) is 98.0 cm³/mol. The molecule has 26 heavy (non-hydrogen) atoms. The molecule has 0 unspecified atom stereocenters. The molecule has 3 aromatic rings. The standard InChI is InChI=1S/C19H17ClN2O4/c1-12-15(11-25-14-6-4-3-5-7-14)18(22-26-12)19(23)21-13-8-9-17(24-2)16(20)10-13/h3-10H,11H2,1-2H3,(H,21,23). The molecule has 1 N–H and O–H groups in total. The van der Waals surface area contributed by atoms with Crippen LogP contribution in [0.4, 0.5) is 5.69 Å². The van der Waals surface area contributed by atoms with E-state index in [0.717, 1.165) is 0 Å². The third-order valence-electron chi connectivity index (χ3n) is 3.74. The molecule has 0 radical (unpaired) electrons. The molecule has 3 rings (SSSR count). The second kappa shape index (κ2) is 7.93. The van der Waals surface area contributed by atoms with Gasteiger partial charge in [-0.3, -0.25) is 4.79 Å². The first-order valence-electron chi connectivity index (χ1n) is 7.86. The normalized spacial score (nSPS) is 10.4. The number of aromatic nitrogens is 1. The lowest BCUT2D eigenvalue weighted by Crippen LogP contribution is -2.15. The molecule has 0 saturated heterocycles. The molecular weight excluding hydrogens is 356 g/mol. The summed E-state index contributed by atoms with van der Waals surface area (Å²) in [5.74, 6) is 1.34. The van der Waals surface area contributed by atoms with Crippen molar-refractivity contribution in [2.24, 2.45) is 0 Å². The zero-order valence-corrected chi connectivity index (χ0v) is 15.0. The van der Waals surface area contributed by atoms with E-state index in [-0.39, 0.29) is 12.3 Å². The first-order valence-corrected chi connectivity index (χ1v) is 8.24. The number of ether oxygens (including phenoxy) is 2. The van der Waals surface area contributed by atoms with Gasteiger partial charge in [0.15, 0.2) is 5.69 Å². The molecule has 0 fully saturated rings. The van der Waals surface area contributed by atoms with E-state index in [1.165, 1.54) is 7.11 Å². The van der Waals surface area contributed by atoms with Crippen molar-refractivity contribution in [3.63, 3.8) is 0 Å². The van der Waals surface area contributed by atoms with Crippen molar-refractivity contribution in [1.82, 2.24) is 5.16 Å². The van der Waals surface area contributed by atoms with E-state index in [4.69, 9.17) is 25.6 Å². The summed E-state index contributed by atoms with van der Waals surface area (Å²) >= 11 is 6.08. The minimum absolute atomic E-state index is 0.172. The number of amides is 1. The monoisotopic (exact) mass is 372 g/mol. The number of anilines is 1. The van der Waals surface area contributed by atoms with E-state index >= 15 is 0 Å². The van der Waals surface area contributed by atoms with Crippen molar-refractivity contribution in [3.05, 3.63) is 70.6 Å². The van der Waals surface area contributed by atoms with Crippen LogP contribution in [0.15, 0.2) is 53.1 Å².